The zero-order valence-electron chi connectivity index (χ0n) is 11.6. The van der Waals surface area contributed by atoms with E-state index >= 15 is 0 Å². The summed E-state index contributed by atoms with van der Waals surface area (Å²) in [6.07, 6.45) is 3.16. The third-order valence-corrected chi connectivity index (χ3v) is 3.08. The van der Waals surface area contributed by atoms with Crippen molar-refractivity contribution in [3.05, 3.63) is 34.9 Å². The van der Waals surface area contributed by atoms with Crippen LogP contribution in [0.3, 0.4) is 0 Å². The van der Waals surface area contributed by atoms with Gasteiger partial charge in [-0.1, -0.05) is 43.5 Å². The van der Waals surface area contributed by atoms with Gasteiger partial charge in [0.1, 0.15) is 0 Å². The van der Waals surface area contributed by atoms with E-state index < -0.39 is 6.10 Å². The number of hydrogen-bond acceptors (Lipinski definition) is 3. The molecule has 0 aliphatic carbocycles. The van der Waals surface area contributed by atoms with Crippen molar-refractivity contribution in [3.63, 3.8) is 0 Å². The molecule has 1 atom stereocenters. The fraction of sp³-hybridized carbons (Fsp3) is 0.600. The number of ether oxygens (including phenoxy) is 1. The molecular weight excluding hydrogens is 262 g/mol. The molecular formula is C15H24ClNO2. The van der Waals surface area contributed by atoms with Gasteiger partial charge in [-0.05, 0) is 30.7 Å². The second kappa shape index (κ2) is 10.2. The average molecular weight is 286 g/mol. The molecule has 4 heteroatoms. The Kier molecular flexibility index (Phi) is 8.84. The topological polar surface area (TPSA) is 41.5 Å². The lowest BCUT2D eigenvalue weighted by Crippen LogP contribution is -2.30. The van der Waals surface area contributed by atoms with Gasteiger partial charge in [0.05, 0.1) is 19.3 Å². The first-order chi connectivity index (χ1) is 9.22. The lowest BCUT2D eigenvalue weighted by atomic mass is 10.2. The van der Waals surface area contributed by atoms with E-state index in [0.29, 0.717) is 19.8 Å². The fourth-order valence-corrected chi connectivity index (χ4v) is 1.85. The van der Waals surface area contributed by atoms with E-state index in [-0.39, 0.29) is 0 Å². The number of hydrogen-bond donors (Lipinski definition) is 2. The summed E-state index contributed by atoms with van der Waals surface area (Å²) in [6, 6.07) is 7.54. The standard InChI is InChI=1S/C15H24ClNO2/c1-2-3-4-9-17-10-15(18)12-19-11-13-5-7-14(16)8-6-13/h5-8,15,17-18H,2-4,9-12H2,1H3. The van der Waals surface area contributed by atoms with E-state index in [2.05, 4.69) is 12.2 Å². The lowest BCUT2D eigenvalue weighted by Gasteiger charge is -2.12. The normalized spacial score (nSPS) is 12.6. The van der Waals surface area contributed by atoms with Crippen LogP contribution in [0.2, 0.25) is 5.02 Å². The monoisotopic (exact) mass is 285 g/mol. The summed E-state index contributed by atoms with van der Waals surface area (Å²) in [5.41, 5.74) is 1.06. The smallest absolute Gasteiger partial charge is 0.0897 e. The fourth-order valence-electron chi connectivity index (χ4n) is 1.72. The van der Waals surface area contributed by atoms with Gasteiger partial charge in [0.25, 0.3) is 0 Å². The maximum atomic E-state index is 9.72. The molecule has 0 spiro atoms. The summed E-state index contributed by atoms with van der Waals surface area (Å²) in [6.45, 7) is 4.58. The number of nitrogens with one attached hydrogen (secondary N) is 1. The number of aliphatic hydroxyl groups excluding tert-OH is 1. The minimum absolute atomic E-state index is 0.351. The summed E-state index contributed by atoms with van der Waals surface area (Å²) in [5.74, 6) is 0. The van der Waals surface area contributed by atoms with E-state index in [4.69, 9.17) is 16.3 Å². The molecule has 0 fully saturated rings. The molecule has 108 valence electrons. The number of benzene rings is 1. The highest BCUT2D eigenvalue weighted by atomic mass is 35.5. The van der Waals surface area contributed by atoms with E-state index in [1.807, 2.05) is 24.3 Å². The number of unbranched alkanes of at least 4 members (excludes halogenated alkanes) is 2. The van der Waals surface area contributed by atoms with Crippen molar-refractivity contribution in [2.75, 3.05) is 19.7 Å². The highest BCUT2D eigenvalue weighted by Gasteiger charge is 2.03. The Morgan fingerprint density at radius 1 is 1.26 bits per heavy atom. The summed E-state index contributed by atoms with van der Waals surface area (Å²) < 4.78 is 5.47. The predicted octanol–water partition coefficient (Wildman–Crippen LogP) is 3.00. The number of aliphatic hydroxyl groups is 1. The SMILES string of the molecule is CCCCCNCC(O)COCc1ccc(Cl)cc1. The first-order valence-electron chi connectivity index (χ1n) is 6.93. The van der Waals surface area contributed by atoms with Crippen molar-refractivity contribution >= 4 is 11.6 Å². The van der Waals surface area contributed by atoms with Gasteiger partial charge in [0.2, 0.25) is 0 Å². The van der Waals surface area contributed by atoms with Crippen LogP contribution in [0.4, 0.5) is 0 Å². The molecule has 2 N–H and O–H groups in total. The second-order valence-electron chi connectivity index (χ2n) is 4.71. The van der Waals surface area contributed by atoms with E-state index in [9.17, 15) is 5.11 Å². The summed E-state index contributed by atoms with van der Waals surface area (Å²) in [5, 5.41) is 13.7. The van der Waals surface area contributed by atoms with Gasteiger partial charge >= 0.3 is 0 Å². The number of rotatable bonds is 10. The van der Waals surface area contributed by atoms with Gasteiger partial charge < -0.3 is 15.2 Å². The second-order valence-corrected chi connectivity index (χ2v) is 5.14. The van der Waals surface area contributed by atoms with Crippen LogP contribution < -0.4 is 5.32 Å². The molecule has 3 nitrogen and oxygen atoms in total. The third kappa shape index (κ3) is 8.22. The molecule has 1 unspecified atom stereocenters. The lowest BCUT2D eigenvalue weighted by molar-refractivity contribution is 0.0289. The summed E-state index contributed by atoms with van der Waals surface area (Å²) in [4.78, 5) is 0. The molecule has 0 bridgehead atoms. The van der Waals surface area contributed by atoms with Crippen LogP contribution >= 0.6 is 11.6 Å². The Morgan fingerprint density at radius 3 is 2.68 bits per heavy atom. The van der Waals surface area contributed by atoms with E-state index in [1.165, 1.54) is 12.8 Å². The molecule has 1 aromatic carbocycles. The molecule has 1 aromatic rings. The highest BCUT2D eigenvalue weighted by molar-refractivity contribution is 6.30. The van der Waals surface area contributed by atoms with Crippen molar-refractivity contribution < 1.29 is 9.84 Å². The quantitative estimate of drug-likeness (QED) is 0.650. The molecule has 0 aromatic heterocycles. The molecule has 0 amide bonds. The summed E-state index contributed by atoms with van der Waals surface area (Å²) in [7, 11) is 0. The van der Waals surface area contributed by atoms with Crippen LogP contribution in [0.5, 0.6) is 0 Å². The molecule has 19 heavy (non-hydrogen) atoms. The first kappa shape index (κ1) is 16.4. The zero-order chi connectivity index (χ0) is 13.9. The van der Waals surface area contributed by atoms with Gasteiger partial charge in [0.15, 0.2) is 0 Å². The Hall–Kier alpha value is -0.610. The Balaban J connectivity index is 2.03. The zero-order valence-corrected chi connectivity index (χ0v) is 12.3. The summed E-state index contributed by atoms with van der Waals surface area (Å²) >= 11 is 5.80. The largest absolute Gasteiger partial charge is 0.389 e. The molecule has 0 aliphatic rings. The van der Waals surface area contributed by atoms with Crippen molar-refractivity contribution in [2.24, 2.45) is 0 Å². The molecule has 0 aliphatic heterocycles. The highest BCUT2D eigenvalue weighted by Crippen LogP contribution is 2.10. The average Bonchev–Trinajstić information content (AvgIpc) is 2.41. The predicted molar refractivity (Wildman–Crippen MR) is 79.5 cm³/mol. The van der Waals surface area contributed by atoms with Gasteiger partial charge in [-0.2, -0.15) is 0 Å². The van der Waals surface area contributed by atoms with Crippen LogP contribution in [-0.2, 0) is 11.3 Å². The van der Waals surface area contributed by atoms with E-state index in [0.717, 1.165) is 23.6 Å². The van der Waals surface area contributed by atoms with Gasteiger partial charge in [-0.15, -0.1) is 0 Å². The van der Waals surface area contributed by atoms with Crippen LogP contribution in [0, 0.1) is 0 Å². The minimum atomic E-state index is -0.450. The molecule has 0 saturated heterocycles. The Labute approximate surface area is 120 Å². The van der Waals surface area contributed by atoms with E-state index in [1.54, 1.807) is 0 Å². The third-order valence-electron chi connectivity index (χ3n) is 2.83. The Bertz CT molecular complexity index is 329. The number of halogens is 1. The first-order valence-corrected chi connectivity index (χ1v) is 7.31. The van der Waals surface area contributed by atoms with Crippen molar-refractivity contribution in [1.29, 1.82) is 0 Å². The van der Waals surface area contributed by atoms with Gasteiger partial charge in [-0.3, -0.25) is 0 Å². The maximum Gasteiger partial charge on any atom is 0.0897 e. The van der Waals surface area contributed by atoms with Crippen molar-refractivity contribution in [3.8, 4) is 0 Å². The minimum Gasteiger partial charge on any atom is -0.389 e. The molecule has 0 saturated carbocycles. The van der Waals surface area contributed by atoms with Crippen LogP contribution in [0.15, 0.2) is 24.3 Å². The molecule has 1 rings (SSSR count). The Morgan fingerprint density at radius 2 is 2.00 bits per heavy atom. The van der Waals surface area contributed by atoms with Gasteiger partial charge in [-0.25, -0.2) is 0 Å². The maximum absolute atomic E-state index is 9.72. The van der Waals surface area contributed by atoms with Gasteiger partial charge in [0, 0.05) is 11.6 Å². The van der Waals surface area contributed by atoms with Crippen LogP contribution in [-0.4, -0.2) is 30.9 Å². The van der Waals surface area contributed by atoms with Crippen molar-refractivity contribution in [2.45, 2.75) is 38.9 Å². The molecule has 0 heterocycles. The van der Waals surface area contributed by atoms with Crippen LogP contribution in [0.25, 0.3) is 0 Å². The van der Waals surface area contributed by atoms with Crippen molar-refractivity contribution in [1.82, 2.24) is 5.32 Å². The van der Waals surface area contributed by atoms with Crippen LogP contribution in [0.1, 0.15) is 31.7 Å². The molecule has 0 radical (unpaired) electrons.